The normalized spacial score (nSPS) is 10.3. The minimum absolute atomic E-state index is 0.000351. The second-order valence-corrected chi connectivity index (χ2v) is 6.05. The fourth-order valence-electron chi connectivity index (χ4n) is 2.45. The molecule has 0 fully saturated rings. The number of nitrogens with one attached hydrogen (secondary N) is 1. The Labute approximate surface area is 143 Å². The number of amides is 2. The van der Waals surface area contributed by atoms with Crippen molar-refractivity contribution >= 4 is 11.8 Å². The van der Waals surface area contributed by atoms with Crippen molar-refractivity contribution in [2.45, 2.75) is 27.3 Å². The number of aryl methyl sites for hydroxylation is 2. The van der Waals surface area contributed by atoms with Gasteiger partial charge < -0.3 is 10.2 Å². The van der Waals surface area contributed by atoms with Crippen LogP contribution in [0.5, 0.6) is 0 Å². The van der Waals surface area contributed by atoms with Crippen LogP contribution >= 0.6 is 0 Å². The molecule has 0 radical (unpaired) electrons. The van der Waals surface area contributed by atoms with Gasteiger partial charge in [0, 0.05) is 32.1 Å². The van der Waals surface area contributed by atoms with Crippen LogP contribution in [0.3, 0.4) is 0 Å². The molecule has 2 amide bonds. The highest BCUT2D eigenvalue weighted by Gasteiger charge is 2.11. The highest BCUT2D eigenvalue weighted by Crippen LogP contribution is 2.07. The van der Waals surface area contributed by atoms with Crippen molar-refractivity contribution in [3.8, 4) is 0 Å². The van der Waals surface area contributed by atoms with Crippen LogP contribution in [0.1, 0.15) is 34.0 Å². The molecule has 0 unspecified atom stereocenters. The molecule has 0 saturated heterocycles. The molecule has 0 aliphatic rings. The fourth-order valence-corrected chi connectivity index (χ4v) is 2.45. The van der Waals surface area contributed by atoms with E-state index in [9.17, 15) is 9.59 Å². The first-order valence-corrected chi connectivity index (χ1v) is 8.11. The van der Waals surface area contributed by atoms with Gasteiger partial charge in [0.05, 0.1) is 0 Å². The van der Waals surface area contributed by atoms with Gasteiger partial charge in [-0.25, -0.2) is 0 Å². The molecule has 0 spiro atoms. The van der Waals surface area contributed by atoms with E-state index in [1.165, 1.54) is 5.56 Å². The molecule has 0 heterocycles. The fraction of sp³-hybridized carbons (Fsp3) is 0.300. The van der Waals surface area contributed by atoms with Crippen LogP contribution in [0.2, 0.25) is 0 Å². The first-order valence-electron chi connectivity index (χ1n) is 8.11. The summed E-state index contributed by atoms with van der Waals surface area (Å²) >= 11 is 0. The zero-order valence-corrected chi connectivity index (χ0v) is 14.5. The molecule has 126 valence electrons. The maximum absolute atomic E-state index is 12.1. The van der Waals surface area contributed by atoms with Gasteiger partial charge in [-0.05, 0) is 31.5 Å². The minimum Gasteiger partial charge on any atom is -0.350 e. The van der Waals surface area contributed by atoms with E-state index in [2.05, 4.69) is 5.32 Å². The molecule has 2 aromatic rings. The number of benzene rings is 2. The SMILES string of the molecule is CC(=O)N(CCNC(=O)c1cccc(C)c1)Cc1ccc(C)cc1. The number of rotatable bonds is 6. The predicted molar refractivity (Wildman–Crippen MR) is 95.8 cm³/mol. The Morgan fingerprint density at radius 1 is 1.00 bits per heavy atom. The van der Waals surface area contributed by atoms with Gasteiger partial charge in [-0.2, -0.15) is 0 Å². The average Bonchev–Trinajstić information content (AvgIpc) is 2.55. The molecule has 4 heteroatoms. The van der Waals surface area contributed by atoms with Crippen LogP contribution in [0.4, 0.5) is 0 Å². The number of carbonyl (C=O) groups is 2. The summed E-state index contributed by atoms with van der Waals surface area (Å²) < 4.78 is 0. The summed E-state index contributed by atoms with van der Waals surface area (Å²) in [5, 5.41) is 2.87. The van der Waals surface area contributed by atoms with E-state index in [4.69, 9.17) is 0 Å². The number of hydrogen-bond donors (Lipinski definition) is 1. The first kappa shape index (κ1) is 17.7. The Hall–Kier alpha value is -2.62. The lowest BCUT2D eigenvalue weighted by atomic mass is 10.1. The van der Waals surface area contributed by atoms with Crippen molar-refractivity contribution in [1.82, 2.24) is 10.2 Å². The summed E-state index contributed by atoms with van der Waals surface area (Å²) in [5.41, 5.74) is 3.97. The second kappa shape index (κ2) is 8.29. The molecule has 0 atom stereocenters. The molecular formula is C20H24N2O2. The van der Waals surface area contributed by atoms with E-state index < -0.39 is 0 Å². The maximum Gasteiger partial charge on any atom is 0.251 e. The zero-order valence-electron chi connectivity index (χ0n) is 14.5. The van der Waals surface area contributed by atoms with Crippen molar-refractivity contribution in [1.29, 1.82) is 0 Å². The molecule has 1 N–H and O–H groups in total. The Bertz CT molecular complexity index is 708. The minimum atomic E-state index is -0.113. The Balaban J connectivity index is 1.88. The monoisotopic (exact) mass is 324 g/mol. The summed E-state index contributed by atoms with van der Waals surface area (Å²) in [5.74, 6) is -0.113. The van der Waals surface area contributed by atoms with Crippen molar-refractivity contribution in [3.05, 3.63) is 70.8 Å². The van der Waals surface area contributed by atoms with E-state index in [1.807, 2.05) is 56.3 Å². The molecule has 0 aromatic heterocycles. The van der Waals surface area contributed by atoms with Crippen molar-refractivity contribution in [3.63, 3.8) is 0 Å². The van der Waals surface area contributed by atoms with Gasteiger partial charge in [0.15, 0.2) is 0 Å². The lowest BCUT2D eigenvalue weighted by Gasteiger charge is -2.21. The van der Waals surface area contributed by atoms with Crippen LogP contribution in [-0.4, -0.2) is 29.8 Å². The van der Waals surface area contributed by atoms with E-state index in [-0.39, 0.29) is 11.8 Å². The Morgan fingerprint density at radius 3 is 2.33 bits per heavy atom. The standard InChI is InChI=1S/C20H24N2O2/c1-15-7-9-18(10-8-15)14-22(17(3)23)12-11-21-20(24)19-6-4-5-16(2)13-19/h4-10,13H,11-12,14H2,1-3H3,(H,21,24). The third kappa shape index (κ3) is 5.23. The molecule has 0 bridgehead atoms. The molecule has 2 aromatic carbocycles. The summed E-state index contributed by atoms with van der Waals surface area (Å²) in [7, 11) is 0. The van der Waals surface area contributed by atoms with Crippen LogP contribution in [0.25, 0.3) is 0 Å². The molecule has 0 aliphatic carbocycles. The number of hydrogen-bond acceptors (Lipinski definition) is 2. The Kier molecular flexibility index (Phi) is 6.13. The Morgan fingerprint density at radius 2 is 1.71 bits per heavy atom. The van der Waals surface area contributed by atoms with Crippen molar-refractivity contribution in [2.75, 3.05) is 13.1 Å². The third-order valence-corrected chi connectivity index (χ3v) is 3.89. The summed E-state index contributed by atoms with van der Waals surface area (Å²) in [6, 6.07) is 15.6. The average molecular weight is 324 g/mol. The van der Waals surface area contributed by atoms with Gasteiger partial charge in [0.1, 0.15) is 0 Å². The van der Waals surface area contributed by atoms with E-state index in [0.29, 0.717) is 25.2 Å². The second-order valence-electron chi connectivity index (χ2n) is 6.05. The van der Waals surface area contributed by atoms with Crippen LogP contribution < -0.4 is 5.32 Å². The van der Waals surface area contributed by atoms with E-state index in [1.54, 1.807) is 17.9 Å². The molecule has 0 saturated carbocycles. The number of carbonyl (C=O) groups excluding carboxylic acids is 2. The number of nitrogens with zero attached hydrogens (tertiary/aromatic N) is 1. The van der Waals surface area contributed by atoms with Gasteiger partial charge in [-0.3, -0.25) is 9.59 Å². The smallest absolute Gasteiger partial charge is 0.251 e. The van der Waals surface area contributed by atoms with Gasteiger partial charge in [0.25, 0.3) is 5.91 Å². The maximum atomic E-state index is 12.1. The van der Waals surface area contributed by atoms with Crippen molar-refractivity contribution < 1.29 is 9.59 Å². The quantitative estimate of drug-likeness (QED) is 0.888. The van der Waals surface area contributed by atoms with Crippen molar-refractivity contribution in [2.24, 2.45) is 0 Å². The van der Waals surface area contributed by atoms with Crippen LogP contribution in [-0.2, 0) is 11.3 Å². The summed E-state index contributed by atoms with van der Waals surface area (Å²) in [4.78, 5) is 25.7. The van der Waals surface area contributed by atoms with Gasteiger partial charge >= 0.3 is 0 Å². The lowest BCUT2D eigenvalue weighted by Crippen LogP contribution is -2.37. The molecule has 2 rings (SSSR count). The summed E-state index contributed by atoms with van der Waals surface area (Å²) in [6.07, 6.45) is 0. The lowest BCUT2D eigenvalue weighted by molar-refractivity contribution is -0.129. The first-order chi connectivity index (χ1) is 11.5. The summed E-state index contributed by atoms with van der Waals surface area (Å²) in [6.45, 7) is 7.01. The van der Waals surface area contributed by atoms with Crippen LogP contribution in [0.15, 0.2) is 48.5 Å². The van der Waals surface area contributed by atoms with E-state index in [0.717, 1.165) is 11.1 Å². The van der Waals surface area contributed by atoms with Gasteiger partial charge in [-0.1, -0.05) is 47.5 Å². The largest absolute Gasteiger partial charge is 0.350 e. The zero-order chi connectivity index (χ0) is 17.5. The van der Waals surface area contributed by atoms with Gasteiger partial charge in [0.2, 0.25) is 5.91 Å². The molecule has 4 nitrogen and oxygen atoms in total. The predicted octanol–water partition coefficient (Wildman–Crippen LogP) is 3.08. The topological polar surface area (TPSA) is 49.4 Å². The molecular weight excluding hydrogens is 300 g/mol. The van der Waals surface area contributed by atoms with Gasteiger partial charge in [-0.15, -0.1) is 0 Å². The highest BCUT2D eigenvalue weighted by molar-refractivity contribution is 5.94. The molecule has 24 heavy (non-hydrogen) atoms. The third-order valence-electron chi connectivity index (χ3n) is 3.89. The van der Waals surface area contributed by atoms with Crippen LogP contribution in [0, 0.1) is 13.8 Å². The molecule has 0 aliphatic heterocycles. The highest BCUT2D eigenvalue weighted by atomic mass is 16.2. The van der Waals surface area contributed by atoms with E-state index >= 15 is 0 Å².